The van der Waals surface area contributed by atoms with E-state index in [0.717, 1.165) is 50.4 Å². The van der Waals surface area contributed by atoms with Crippen molar-refractivity contribution in [3.8, 4) is 0 Å². The highest BCUT2D eigenvalue weighted by atomic mass is 16.2. The van der Waals surface area contributed by atoms with Gasteiger partial charge in [0, 0.05) is 30.7 Å². The van der Waals surface area contributed by atoms with Gasteiger partial charge in [-0.2, -0.15) is 5.10 Å². The molecule has 0 unspecified atom stereocenters. The second kappa shape index (κ2) is 6.03. The SMILES string of the molecule is CCc1c(C)nn(CC(=O)N2CC[C@]3(CCCNC3)C2)c1C. The summed E-state index contributed by atoms with van der Waals surface area (Å²) in [5.74, 6) is 0.218. The molecule has 1 aromatic heterocycles. The first kappa shape index (κ1) is 15.5. The van der Waals surface area contributed by atoms with Crippen molar-refractivity contribution < 1.29 is 4.79 Å². The molecule has 0 radical (unpaired) electrons. The van der Waals surface area contributed by atoms with Crippen LogP contribution in [0.4, 0.5) is 0 Å². The van der Waals surface area contributed by atoms with Crippen LogP contribution in [0.5, 0.6) is 0 Å². The van der Waals surface area contributed by atoms with Crippen LogP contribution >= 0.6 is 0 Å². The lowest BCUT2D eigenvalue weighted by atomic mass is 9.80. The molecule has 0 saturated carbocycles. The lowest BCUT2D eigenvalue weighted by Crippen LogP contribution is -2.43. The van der Waals surface area contributed by atoms with E-state index in [9.17, 15) is 4.79 Å². The van der Waals surface area contributed by atoms with Crippen LogP contribution in [0.1, 0.15) is 43.1 Å². The summed E-state index contributed by atoms with van der Waals surface area (Å²) in [5, 5.41) is 8.05. The summed E-state index contributed by atoms with van der Waals surface area (Å²) in [7, 11) is 0. The maximum Gasteiger partial charge on any atom is 0.244 e. The fraction of sp³-hybridized carbons (Fsp3) is 0.765. The van der Waals surface area contributed by atoms with E-state index in [1.165, 1.54) is 18.4 Å². The first-order chi connectivity index (χ1) is 10.5. The van der Waals surface area contributed by atoms with Crippen molar-refractivity contribution in [1.29, 1.82) is 0 Å². The summed E-state index contributed by atoms with van der Waals surface area (Å²) < 4.78 is 1.89. The van der Waals surface area contributed by atoms with Crippen molar-refractivity contribution in [3.63, 3.8) is 0 Å². The number of nitrogens with one attached hydrogen (secondary N) is 1. The number of aryl methyl sites for hydroxylation is 1. The predicted octanol–water partition coefficient (Wildman–Crippen LogP) is 1.66. The second-order valence-electron chi connectivity index (χ2n) is 7.01. The molecule has 2 saturated heterocycles. The number of amides is 1. The number of carbonyl (C=O) groups excluding carboxylic acids is 1. The number of piperidine rings is 1. The van der Waals surface area contributed by atoms with Crippen molar-refractivity contribution in [1.82, 2.24) is 20.0 Å². The molecule has 5 nitrogen and oxygen atoms in total. The minimum atomic E-state index is 0.218. The van der Waals surface area contributed by atoms with Gasteiger partial charge in [-0.1, -0.05) is 6.92 Å². The van der Waals surface area contributed by atoms with Gasteiger partial charge in [0.1, 0.15) is 6.54 Å². The molecule has 3 heterocycles. The van der Waals surface area contributed by atoms with E-state index in [4.69, 9.17) is 0 Å². The molecule has 1 atom stereocenters. The average Bonchev–Trinajstić information content (AvgIpc) is 3.02. The number of rotatable bonds is 3. The molecule has 1 N–H and O–H groups in total. The Morgan fingerprint density at radius 1 is 1.36 bits per heavy atom. The minimum Gasteiger partial charge on any atom is -0.340 e. The lowest BCUT2D eigenvalue weighted by molar-refractivity contribution is -0.131. The van der Waals surface area contributed by atoms with Gasteiger partial charge < -0.3 is 10.2 Å². The van der Waals surface area contributed by atoms with Crippen molar-refractivity contribution >= 4 is 5.91 Å². The van der Waals surface area contributed by atoms with Gasteiger partial charge in [0.05, 0.1) is 5.69 Å². The van der Waals surface area contributed by atoms with Gasteiger partial charge in [0.25, 0.3) is 0 Å². The molecule has 5 heteroatoms. The van der Waals surface area contributed by atoms with Crippen LogP contribution in [-0.4, -0.2) is 46.8 Å². The molecule has 1 amide bonds. The number of hydrogen-bond donors (Lipinski definition) is 1. The van der Waals surface area contributed by atoms with E-state index in [1.807, 2.05) is 11.6 Å². The quantitative estimate of drug-likeness (QED) is 0.924. The summed E-state index contributed by atoms with van der Waals surface area (Å²) in [6.45, 7) is 10.6. The van der Waals surface area contributed by atoms with Crippen molar-refractivity contribution in [3.05, 3.63) is 17.0 Å². The highest BCUT2D eigenvalue weighted by Crippen LogP contribution is 2.36. The van der Waals surface area contributed by atoms with Gasteiger partial charge in [-0.3, -0.25) is 9.48 Å². The Bertz CT molecular complexity index is 557. The van der Waals surface area contributed by atoms with Crippen LogP contribution in [0.2, 0.25) is 0 Å². The monoisotopic (exact) mass is 304 g/mol. The Hall–Kier alpha value is -1.36. The van der Waals surface area contributed by atoms with Gasteiger partial charge in [0.15, 0.2) is 0 Å². The molecule has 2 aliphatic rings. The normalized spacial score (nSPS) is 25.1. The molecule has 1 spiro atoms. The molecule has 3 rings (SSSR count). The van der Waals surface area contributed by atoms with Crippen molar-refractivity contribution in [2.45, 2.75) is 53.0 Å². The summed E-state index contributed by atoms with van der Waals surface area (Å²) in [6.07, 6.45) is 4.61. The zero-order chi connectivity index (χ0) is 15.7. The van der Waals surface area contributed by atoms with Crippen LogP contribution in [0.25, 0.3) is 0 Å². The zero-order valence-corrected chi connectivity index (χ0v) is 14.1. The van der Waals surface area contributed by atoms with Gasteiger partial charge in [-0.05, 0) is 51.6 Å². The molecule has 0 bridgehead atoms. The first-order valence-electron chi connectivity index (χ1n) is 8.56. The molecule has 22 heavy (non-hydrogen) atoms. The summed E-state index contributed by atoms with van der Waals surface area (Å²) in [4.78, 5) is 14.7. The molecule has 2 aliphatic heterocycles. The molecule has 0 aromatic carbocycles. The summed E-state index contributed by atoms with van der Waals surface area (Å²) >= 11 is 0. The third kappa shape index (κ3) is 2.78. The number of likely N-dealkylation sites (tertiary alicyclic amines) is 1. The highest BCUT2D eigenvalue weighted by Gasteiger charge is 2.40. The van der Waals surface area contributed by atoms with Crippen LogP contribution in [0.3, 0.4) is 0 Å². The molecule has 2 fully saturated rings. The van der Waals surface area contributed by atoms with Gasteiger partial charge >= 0.3 is 0 Å². The van der Waals surface area contributed by atoms with Crippen LogP contribution < -0.4 is 5.32 Å². The Balaban J connectivity index is 1.66. The Morgan fingerprint density at radius 2 is 2.18 bits per heavy atom. The number of nitrogens with zero attached hydrogens (tertiary/aromatic N) is 3. The molecular weight excluding hydrogens is 276 g/mol. The standard InChI is InChI=1S/C17H28N4O/c1-4-15-13(2)19-21(14(15)3)10-16(22)20-9-7-17(12-20)6-5-8-18-11-17/h18H,4-12H2,1-3H3/t17-/m0/s1. The van der Waals surface area contributed by atoms with Gasteiger partial charge in [0.2, 0.25) is 5.91 Å². The minimum absolute atomic E-state index is 0.218. The van der Waals surface area contributed by atoms with Crippen LogP contribution in [0, 0.1) is 19.3 Å². The third-order valence-electron chi connectivity index (χ3n) is 5.52. The van der Waals surface area contributed by atoms with E-state index in [-0.39, 0.29) is 5.91 Å². The maximum absolute atomic E-state index is 12.6. The van der Waals surface area contributed by atoms with E-state index in [1.54, 1.807) is 0 Å². The third-order valence-corrected chi connectivity index (χ3v) is 5.52. The van der Waals surface area contributed by atoms with Crippen molar-refractivity contribution in [2.24, 2.45) is 5.41 Å². The number of hydrogen-bond acceptors (Lipinski definition) is 3. The largest absolute Gasteiger partial charge is 0.340 e. The second-order valence-corrected chi connectivity index (χ2v) is 7.01. The van der Waals surface area contributed by atoms with Crippen LogP contribution in [-0.2, 0) is 17.8 Å². The molecular formula is C17H28N4O. The zero-order valence-electron chi connectivity index (χ0n) is 14.1. The van der Waals surface area contributed by atoms with E-state index >= 15 is 0 Å². The topological polar surface area (TPSA) is 50.2 Å². The molecule has 122 valence electrons. The Kier molecular flexibility index (Phi) is 4.26. The first-order valence-corrected chi connectivity index (χ1v) is 8.56. The molecule has 0 aliphatic carbocycles. The molecule has 1 aromatic rings. The highest BCUT2D eigenvalue weighted by molar-refractivity contribution is 5.76. The number of carbonyl (C=O) groups is 1. The fourth-order valence-corrected chi connectivity index (χ4v) is 4.15. The smallest absolute Gasteiger partial charge is 0.244 e. The van der Waals surface area contributed by atoms with E-state index in [0.29, 0.717) is 12.0 Å². The van der Waals surface area contributed by atoms with E-state index in [2.05, 4.69) is 29.2 Å². The lowest BCUT2D eigenvalue weighted by Gasteiger charge is -2.33. The summed E-state index contributed by atoms with van der Waals surface area (Å²) in [6, 6.07) is 0. The van der Waals surface area contributed by atoms with E-state index < -0.39 is 0 Å². The number of aromatic nitrogens is 2. The summed E-state index contributed by atoms with van der Waals surface area (Å²) in [5.41, 5.74) is 3.81. The van der Waals surface area contributed by atoms with Gasteiger partial charge in [-0.25, -0.2) is 0 Å². The fourth-order valence-electron chi connectivity index (χ4n) is 4.15. The van der Waals surface area contributed by atoms with Crippen LogP contribution in [0.15, 0.2) is 0 Å². The Morgan fingerprint density at radius 3 is 2.82 bits per heavy atom. The maximum atomic E-state index is 12.6. The average molecular weight is 304 g/mol. The Labute approximate surface area is 133 Å². The van der Waals surface area contributed by atoms with Crippen molar-refractivity contribution in [2.75, 3.05) is 26.2 Å². The van der Waals surface area contributed by atoms with Gasteiger partial charge in [-0.15, -0.1) is 0 Å². The predicted molar refractivity (Wildman–Crippen MR) is 86.8 cm³/mol.